The quantitative estimate of drug-likeness (QED) is 0.675. The van der Waals surface area contributed by atoms with Crippen molar-refractivity contribution >= 4 is 12.0 Å². The molecule has 0 saturated carbocycles. The molecule has 0 aliphatic heterocycles. The van der Waals surface area contributed by atoms with Crippen LogP contribution in [0, 0.1) is 0 Å². The molecule has 1 heterocycles. The molecule has 6 heteroatoms. The molecule has 2 amide bonds. The molecule has 0 unspecified atom stereocenters. The predicted molar refractivity (Wildman–Crippen MR) is 60.7 cm³/mol. The van der Waals surface area contributed by atoms with E-state index in [-0.39, 0.29) is 18.3 Å². The van der Waals surface area contributed by atoms with Crippen LogP contribution in [0.4, 0.5) is 4.79 Å². The van der Waals surface area contributed by atoms with Crippen molar-refractivity contribution in [1.29, 1.82) is 0 Å². The lowest BCUT2D eigenvalue weighted by Crippen LogP contribution is -2.35. The second-order valence-corrected chi connectivity index (χ2v) is 3.56. The first-order valence-electron chi connectivity index (χ1n) is 4.97. The smallest absolute Gasteiger partial charge is 0.371 e. The van der Waals surface area contributed by atoms with Crippen molar-refractivity contribution in [3.63, 3.8) is 0 Å². The summed E-state index contributed by atoms with van der Waals surface area (Å²) in [6.45, 7) is 5.97. The Labute approximate surface area is 98.3 Å². The fraction of sp³-hybridized carbons (Fsp3) is 0.273. The summed E-state index contributed by atoms with van der Waals surface area (Å²) >= 11 is 0. The van der Waals surface area contributed by atoms with E-state index in [0.717, 1.165) is 5.57 Å². The fourth-order valence-electron chi connectivity index (χ4n) is 1.05. The third-order valence-electron chi connectivity index (χ3n) is 1.85. The lowest BCUT2D eigenvalue weighted by molar-refractivity contribution is 0.0660. The standard InChI is InChI=1S/C11H14N2O4/c1-7(2)5-12-11(16)13-6-8-3-4-9(17-8)10(14)15/h3-4H,1,5-6H2,2H3,(H,14,15)(H2,12,13,16). The lowest BCUT2D eigenvalue weighted by atomic mass is 10.3. The van der Waals surface area contributed by atoms with Gasteiger partial charge in [-0.2, -0.15) is 0 Å². The molecule has 3 N–H and O–H groups in total. The number of carboxylic acids is 1. The Morgan fingerprint density at radius 1 is 1.41 bits per heavy atom. The number of urea groups is 1. The van der Waals surface area contributed by atoms with Crippen molar-refractivity contribution in [3.8, 4) is 0 Å². The molecule has 0 aromatic carbocycles. The molecule has 0 aliphatic rings. The minimum absolute atomic E-state index is 0.134. The minimum Gasteiger partial charge on any atom is -0.475 e. The van der Waals surface area contributed by atoms with E-state index in [4.69, 9.17) is 9.52 Å². The molecule has 1 aromatic heterocycles. The maximum atomic E-state index is 11.2. The van der Waals surface area contributed by atoms with Crippen LogP contribution >= 0.6 is 0 Å². The largest absolute Gasteiger partial charge is 0.475 e. The molecule has 0 spiro atoms. The highest BCUT2D eigenvalue weighted by molar-refractivity contribution is 5.84. The van der Waals surface area contributed by atoms with Crippen LogP contribution < -0.4 is 10.6 Å². The highest BCUT2D eigenvalue weighted by Crippen LogP contribution is 2.07. The zero-order valence-electron chi connectivity index (χ0n) is 9.45. The summed E-state index contributed by atoms with van der Waals surface area (Å²) in [7, 11) is 0. The average molecular weight is 238 g/mol. The molecule has 1 rings (SSSR count). The Bertz CT molecular complexity index is 436. The summed E-state index contributed by atoms with van der Waals surface area (Å²) in [4.78, 5) is 21.8. The summed E-state index contributed by atoms with van der Waals surface area (Å²) < 4.78 is 4.96. The molecule has 0 radical (unpaired) electrons. The van der Waals surface area contributed by atoms with Crippen LogP contribution in [0.1, 0.15) is 23.2 Å². The van der Waals surface area contributed by atoms with Crippen LogP contribution in [0.3, 0.4) is 0 Å². The number of aromatic carboxylic acids is 1. The summed E-state index contributed by atoms with van der Waals surface area (Å²) in [6, 6.07) is 2.48. The molecule has 0 atom stereocenters. The van der Waals surface area contributed by atoms with Gasteiger partial charge in [-0.15, -0.1) is 0 Å². The summed E-state index contributed by atoms with van der Waals surface area (Å²) in [6.07, 6.45) is 0. The molecule has 0 fully saturated rings. The van der Waals surface area contributed by atoms with Crippen molar-refractivity contribution in [2.75, 3.05) is 6.54 Å². The lowest BCUT2D eigenvalue weighted by Gasteiger charge is -2.05. The van der Waals surface area contributed by atoms with Crippen LogP contribution in [-0.4, -0.2) is 23.7 Å². The molecular weight excluding hydrogens is 224 g/mol. The zero-order valence-corrected chi connectivity index (χ0v) is 9.45. The Balaban J connectivity index is 2.36. The van der Waals surface area contributed by atoms with Gasteiger partial charge >= 0.3 is 12.0 Å². The van der Waals surface area contributed by atoms with E-state index in [1.165, 1.54) is 12.1 Å². The third-order valence-corrected chi connectivity index (χ3v) is 1.85. The molecule has 0 aliphatic carbocycles. The first-order valence-corrected chi connectivity index (χ1v) is 4.97. The third kappa shape index (κ3) is 4.42. The number of hydrogen-bond donors (Lipinski definition) is 3. The molecule has 0 saturated heterocycles. The summed E-state index contributed by atoms with van der Waals surface area (Å²) in [5, 5.41) is 13.7. The van der Waals surface area contributed by atoms with Crippen molar-refractivity contribution in [2.24, 2.45) is 0 Å². The Morgan fingerprint density at radius 2 is 2.12 bits per heavy atom. The average Bonchev–Trinajstić information content (AvgIpc) is 2.72. The van der Waals surface area contributed by atoms with Gasteiger partial charge in [0, 0.05) is 6.54 Å². The fourth-order valence-corrected chi connectivity index (χ4v) is 1.05. The monoisotopic (exact) mass is 238 g/mol. The van der Waals surface area contributed by atoms with Gasteiger partial charge in [0.15, 0.2) is 0 Å². The summed E-state index contributed by atoms with van der Waals surface area (Å²) in [5.74, 6) is -0.903. The van der Waals surface area contributed by atoms with Crippen molar-refractivity contribution in [1.82, 2.24) is 10.6 Å². The van der Waals surface area contributed by atoms with E-state index in [1.54, 1.807) is 6.92 Å². The maximum absolute atomic E-state index is 11.2. The van der Waals surface area contributed by atoms with Gasteiger partial charge in [-0.3, -0.25) is 0 Å². The number of amides is 2. The van der Waals surface area contributed by atoms with Gasteiger partial charge in [-0.1, -0.05) is 12.2 Å². The first kappa shape index (κ1) is 12.8. The molecule has 0 bridgehead atoms. The molecule has 92 valence electrons. The Morgan fingerprint density at radius 3 is 2.65 bits per heavy atom. The van der Waals surface area contributed by atoms with Crippen LogP contribution in [-0.2, 0) is 6.54 Å². The van der Waals surface area contributed by atoms with Gasteiger partial charge in [-0.05, 0) is 19.1 Å². The highest BCUT2D eigenvalue weighted by Gasteiger charge is 2.09. The normalized spacial score (nSPS) is 9.71. The second kappa shape index (κ2) is 5.74. The number of carboxylic acid groups (broad SMARTS) is 1. The van der Waals surface area contributed by atoms with Gasteiger partial charge in [0.25, 0.3) is 0 Å². The molecule has 17 heavy (non-hydrogen) atoms. The number of nitrogens with one attached hydrogen (secondary N) is 2. The number of carbonyl (C=O) groups is 2. The summed E-state index contributed by atoms with van der Waals surface area (Å²) in [5.41, 5.74) is 0.839. The van der Waals surface area contributed by atoms with E-state index in [0.29, 0.717) is 12.3 Å². The van der Waals surface area contributed by atoms with Gasteiger partial charge in [0.05, 0.1) is 6.54 Å². The van der Waals surface area contributed by atoms with Crippen molar-refractivity contribution in [3.05, 3.63) is 35.8 Å². The van der Waals surface area contributed by atoms with E-state index in [1.807, 2.05) is 0 Å². The maximum Gasteiger partial charge on any atom is 0.371 e. The molecular formula is C11H14N2O4. The SMILES string of the molecule is C=C(C)CNC(=O)NCc1ccc(C(=O)O)o1. The topological polar surface area (TPSA) is 91.6 Å². The number of carbonyl (C=O) groups excluding carboxylic acids is 1. The predicted octanol–water partition coefficient (Wildman–Crippen LogP) is 1.35. The van der Waals surface area contributed by atoms with Gasteiger partial charge in [-0.25, -0.2) is 9.59 Å². The van der Waals surface area contributed by atoms with E-state index in [9.17, 15) is 9.59 Å². The zero-order chi connectivity index (χ0) is 12.8. The van der Waals surface area contributed by atoms with Gasteiger partial charge in [0.1, 0.15) is 5.76 Å². The van der Waals surface area contributed by atoms with Crippen LogP contribution in [0.15, 0.2) is 28.7 Å². The van der Waals surface area contributed by atoms with Gasteiger partial charge < -0.3 is 20.2 Å². The molecule has 6 nitrogen and oxygen atoms in total. The second-order valence-electron chi connectivity index (χ2n) is 3.56. The van der Waals surface area contributed by atoms with E-state index < -0.39 is 5.97 Å². The Hall–Kier alpha value is -2.24. The van der Waals surface area contributed by atoms with E-state index in [2.05, 4.69) is 17.2 Å². The minimum atomic E-state index is -1.14. The van der Waals surface area contributed by atoms with Crippen molar-refractivity contribution in [2.45, 2.75) is 13.5 Å². The van der Waals surface area contributed by atoms with Crippen LogP contribution in [0.5, 0.6) is 0 Å². The first-order chi connectivity index (χ1) is 7.99. The van der Waals surface area contributed by atoms with E-state index >= 15 is 0 Å². The highest BCUT2D eigenvalue weighted by atomic mass is 16.4. The van der Waals surface area contributed by atoms with Crippen molar-refractivity contribution < 1.29 is 19.1 Å². The number of rotatable bonds is 5. The number of hydrogen-bond acceptors (Lipinski definition) is 3. The van der Waals surface area contributed by atoms with Crippen LogP contribution in [0.25, 0.3) is 0 Å². The molecule has 1 aromatic rings. The number of furan rings is 1. The van der Waals surface area contributed by atoms with Crippen LogP contribution in [0.2, 0.25) is 0 Å². The Kier molecular flexibility index (Phi) is 4.33. The van der Waals surface area contributed by atoms with Gasteiger partial charge in [0.2, 0.25) is 5.76 Å².